The predicted octanol–water partition coefficient (Wildman–Crippen LogP) is 4.34. The third kappa shape index (κ3) is 3.01. The SMILES string of the molecule is CC(Nc1cc(Br)ccc1N)c1ccc(F)cc1. The number of rotatable bonds is 3. The zero-order valence-corrected chi connectivity index (χ0v) is 11.5. The molecule has 0 fully saturated rings. The van der Waals surface area contributed by atoms with Gasteiger partial charge in [-0.3, -0.25) is 0 Å². The smallest absolute Gasteiger partial charge is 0.123 e. The second kappa shape index (κ2) is 5.40. The number of nitrogens with two attached hydrogens (primary N) is 1. The fourth-order valence-corrected chi connectivity index (χ4v) is 2.08. The topological polar surface area (TPSA) is 38.0 Å². The number of hydrogen-bond donors (Lipinski definition) is 2. The first kappa shape index (κ1) is 12.9. The van der Waals surface area contributed by atoms with Gasteiger partial charge < -0.3 is 11.1 Å². The lowest BCUT2D eigenvalue weighted by molar-refractivity contribution is 0.626. The maximum Gasteiger partial charge on any atom is 0.123 e. The number of nitrogens with one attached hydrogen (secondary N) is 1. The maximum atomic E-state index is 12.8. The third-order valence-electron chi connectivity index (χ3n) is 2.76. The maximum absolute atomic E-state index is 12.8. The number of halogens is 2. The second-order valence-corrected chi connectivity index (χ2v) is 5.06. The summed E-state index contributed by atoms with van der Waals surface area (Å²) in [5.41, 5.74) is 8.46. The Morgan fingerprint density at radius 2 is 1.83 bits per heavy atom. The van der Waals surface area contributed by atoms with Crippen molar-refractivity contribution in [2.24, 2.45) is 0 Å². The average Bonchev–Trinajstić information content (AvgIpc) is 2.34. The minimum absolute atomic E-state index is 0.0576. The summed E-state index contributed by atoms with van der Waals surface area (Å²) in [6.07, 6.45) is 0. The van der Waals surface area contributed by atoms with Crippen LogP contribution < -0.4 is 11.1 Å². The van der Waals surface area contributed by atoms with Crippen molar-refractivity contribution >= 4 is 27.3 Å². The summed E-state index contributed by atoms with van der Waals surface area (Å²) in [6.45, 7) is 2.01. The summed E-state index contributed by atoms with van der Waals surface area (Å²) >= 11 is 3.41. The van der Waals surface area contributed by atoms with Gasteiger partial charge in [0.05, 0.1) is 11.4 Å². The first-order chi connectivity index (χ1) is 8.56. The lowest BCUT2D eigenvalue weighted by Gasteiger charge is -2.17. The molecule has 0 radical (unpaired) electrons. The van der Waals surface area contributed by atoms with Crippen molar-refractivity contribution in [3.8, 4) is 0 Å². The molecule has 0 amide bonds. The second-order valence-electron chi connectivity index (χ2n) is 4.15. The van der Waals surface area contributed by atoms with E-state index in [0.717, 1.165) is 15.7 Å². The van der Waals surface area contributed by atoms with Gasteiger partial charge in [0.1, 0.15) is 5.82 Å². The Labute approximate surface area is 114 Å². The monoisotopic (exact) mass is 308 g/mol. The van der Waals surface area contributed by atoms with Crippen LogP contribution >= 0.6 is 15.9 Å². The van der Waals surface area contributed by atoms with Gasteiger partial charge in [-0.05, 0) is 42.8 Å². The zero-order valence-electron chi connectivity index (χ0n) is 9.95. The fourth-order valence-electron chi connectivity index (χ4n) is 1.72. The summed E-state index contributed by atoms with van der Waals surface area (Å²) in [5.74, 6) is -0.229. The van der Waals surface area contributed by atoms with Gasteiger partial charge in [0.2, 0.25) is 0 Å². The van der Waals surface area contributed by atoms with Crippen molar-refractivity contribution in [2.45, 2.75) is 13.0 Å². The highest BCUT2D eigenvalue weighted by molar-refractivity contribution is 9.10. The molecule has 94 valence electrons. The molecule has 0 aromatic heterocycles. The Bertz CT molecular complexity index is 540. The predicted molar refractivity (Wildman–Crippen MR) is 77.0 cm³/mol. The van der Waals surface area contributed by atoms with Crippen molar-refractivity contribution in [3.63, 3.8) is 0 Å². The van der Waals surface area contributed by atoms with Gasteiger partial charge in [-0.2, -0.15) is 0 Å². The standard InChI is InChI=1S/C14H14BrFN2/c1-9(10-2-5-12(16)6-3-10)18-14-8-11(15)4-7-13(14)17/h2-9,18H,17H2,1H3. The number of hydrogen-bond acceptors (Lipinski definition) is 2. The number of benzene rings is 2. The molecule has 4 heteroatoms. The molecular formula is C14H14BrFN2. The van der Waals surface area contributed by atoms with E-state index in [1.165, 1.54) is 12.1 Å². The van der Waals surface area contributed by atoms with Crippen molar-refractivity contribution in [1.29, 1.82) is 0 Å². The molecule has 0 aliphatic carbocycles. The van der Waals surface area contributed by atoms with E-state index in [4.69, 9.17) is 5.73 Å². The van der Waals surface area contributed by atoms with Crippen LogP contribution in [0.5, 0.6) is 0 Å². The van der Waals surface area contributed by atoms with Gasteiger partial charge in [-0.25, -0.2) is 4.39 Å². The molecule has 0 heterocycles. The van der Waals surface area contributed by atoms with Gasteiger partial charge >= 0.3 is 0 Å². The van der Waals surface area contributed by atoms with E-state index in [2.05, 4.69) is 21.2 Å². The molecule has 0 aliphatic rings. The van der Waals surface area contributed by atoms with Crippen LogP contribution in [0, 0.1) is 5.82 Å². The minimum atomic E-state index is -0.229. The van der Waals surface area contributed by atoms with E-state index < -0.39 is 0 Å². The van der Waals surface area contributed by atoms with E-state index in [0.29, 0.717) is 5.69 Å². The molecule has 0 saturated heterocycles. The lowest BCUT2D eigenvalue weighted by Crippen LogP contribution is -2.08. The van der Waals surface area contributed by atoms with E-state index in [9.17, 15) is 4.39 Å². The van der Waals surface area contributed by atoms with Gasteiger partial charge in [-0.15, -0.1) is 0 Å². The molecule has 0 saturated carbocycles. The summed E-state index contributed by atoms with van der Waals surface area (Å²) in [6, 6.07) is 12.2. The third-order valence-corrected chi connectivity index (χ3v) is 3.25. The fraction of sp³-hybridized carbons (Fsp3) is 0.143. The van der Waals surface area contributed by atoms with E-state index >= 15 is 0 Å². The van der Waals surface area contributed by atoms with Gasteiger partial charge in [0.25, 0.3) is 0 Å². The largest absolute Gasteiger partial charge is 0.397 e. The molecule has 2 nitrogen and oxygen atoms in total. The first-order valence-electron chi connectivity index (χ1n) is 5.63. The van der Waals surface area contributed by atoms with Crippen LogP contribution in [0.25, 0.3) is 0 Å². The number of anilines is 2. The molecule has 0 bridgehead atoms. The normalized spacial score (nSPS) is 12.2. The lowest BCUT2D eigenvalue weighted by atomic mass is 10.1. The molecule has 1 atom stereocenters. The van der Waals surface area contributed by atoms with E-state index in [-0.39, 0.29) is 11.9 Å². The van der Waals surface area contributed by atoms with Crippen LogP contribution in [-0.4, -0.2) is 0 Å². The Morgan fingerprint density at radius 3 is 2.50 bits per heavy atom. The highest BCUT2D eigenvalue weighted by Gasteiger charge is 2.07. The molecule has 2 rings (SSSR count). The molecular weight excluding hydrogens is 295 g/mol. The van der Waals surface area contributed by atoms with Crippen LogP contribution in [0.1, 0.15) is 18.5 Å². The van der Waals surface area contributed by atoms with E-state index in [1.54, 1.807) is 12.1 Å². The van der Waals surface area contributed by atoms with Crippen LogP contribution in [0.4, 0.5) is 15.8 Å². The molecule has 3 N–H and O–H groups in total. The van der Waals surface area contributed by atoms with E-state index in [1.807, 2.05) is 25.1 Å². The van der Waals surface area contributed by atoms with Gasteiger partial charge in [0, 0.05) is 10.5 Å². The molecule has 2 aromatic carbocycles. The van der Waals surface area contributed by atoms with Crippen molar-refractivity contribution < 1.29 is 4.39 Å². The Kier molecular flexibility index (Phi) is 3.87. The molecule has 1 unspecified atom stereocenters. The first-order valence-corrected chi connectivity index (χ1v) is 6.42. The Morgan fingerprint density at radius 1 is 1.17 bits per heavy atom. The van der Waals surface area contributed by atoms with Crippen molar-refractivity contribution in [2.75, 3.05) is 11.1 Å². The van der Waals surface area contributed by atoms with Crippen LogP contribution in [0.3, 0.4) is 0 Å². The average molecular weight is 309 g/mol. The van der Waals surface area contributed by atoms with Crippen LogP contribution in [-0.2, 0) is 0 Å². The molecule has 2 aromatic rings. The summed E-state index contributed by atoms with van der Waals surface area (Å²) < 4.78 is 13.8. The van der Waals surface area contributed by atoms with Gasteiger partial charge in [-0.1, -0.05) is 28.1 Å². The quantitative estimate of drug-likeness (QED) is 0.828. The molecule has 0 spiro atoms. The van der Waals surface area contributed by atoms with Crippen molar-refractivity contribution in [3.05, 3.63) is 58.3 Å². The summed E-state index contributed by atoms with van der Waals surface area (Å²) in [5, 5.41) is 3.31. The van der Waals surface area contributed by atoms with Crippen molar-refractivity contribution in [1.82, 2.24) is 0 Å². The summed E-state index contributed by atoms with van der Waals surface area (Å²) in [7, 11) is 0. The zero-order chi connectivity index (χ0) is 13.1. The Hall–Kier alpha value is -1.55. The van der Waals surface area contributed by atoms with Crippen LogP contribution in [0.2, 0.25) is 0 Å². The summed E-state index contributed by atoms with van der Waals surface area (Å²) in [4.78, 5) is 0. The number of nitrogen functional groups attached to an aromatic ring is 1. The minimum Gasteiger partial charge on any atom is -0.397 e. The van der Waals surface area contributed by atoms with Gasteiger partial charge in [0.15, 0.2) is 0 Å². The molecule has 18 heavy (non-hydrogen) atoms. The van der Waals surface area contributed by atoms with Crippen LogP contribution in [0.15, 0.2) is 46.9 Å². The molecule has 0 aliphatic heterocycles. The highest BCUT2D eigenvalue weighted by atomic mass is 79.9. The highest BCUT2D eigenvalue weighted by Crippen LogP contribution is 2.27. The Balaban J connectivity index is 2.18.